The monoisotopic (exact) mass is 294 g/mol. The molecule has 4 nitrogen and oxygen atoms in total. The third kappa shape index (κ3) is 2.69. The van der Waals surface area contributed by atoms with Gasteiger partial charge < -0.3 is 5.32 Å². The molecule has 1 aliphatic heterocycles. The van der Waals surface area contributed by atoms with Crippen molar-refractivity contribution in [2.45, 2.75) is 55.9 Å². The van der Waals surface area contributed by atoms with Gasteiger partial charge in [0.15, 0.2) is 0 Å². The van der Waals surface area contributed by atoms with Crippen LogP contribution in [0.5, 0.6) is 0 Å². The second kappa shape index (κ2) is 5.04. The number of fused-ring (bicyclic) bond motifs is 1. The topological polar surface area (TPSA) is 58.2 Å². The van der Waals surface area contributed by atoms with Crippen molar-refractivity contribution in [1.82, 2.24) is 4.72 Å². The summed E-state index contributed by atoms with van der Waals surface area (Å²) in [6.45, 7) is 2.92. The van der Waals surface area contributed by atoms with Crippen LogP contribution in [0.4, 0.5) is 5.69 Å². The lowest BCUT2D eigenvalue weighted by molar-refractivity contribution is 0.294. The number of rotatable bonds is 3. The Morgan fingerprint density at radius 2 is 1.95 bits per heavy atom. The molecule has 0 spiro atoms. The molecule has 0 amide bonds. The van der Waals surface area contributed by atoms with E-state index >= 15 is 0 Å². The highest BCUT2D eigenvalue weighted by atomic mass is 32.2. The molecule has 1 aromatic rings. The van der Waals surface area contributed by atoms with Crippen LogP contribution in [-0.4, -0.2) is 20.5 Å². The third-order valence-electron chi connectivity index (χ3n) is 4.43. The first kappa shape index (κ1) is 13.9. The van der Waals surface area contributed by atoms with E-state index in [4.69, 9.17) is 0 Å². The molecule has 5 heteroatoms. The maximum absolute atomic E-state index is 12.6. The van der Waals surface area contributed by atoms with Gasteiger partial charge in [-0.2, -0.15) is 0 Å². The van der Waals surface area contributed by atoms with E-state index in [1.807, 2.05) is 19.1 Å². The van der Waals surface area contributed by atoms with E-state index in [1.165, 1.54) is 6.42 Å². The van der Waals surface area contributed by atoms with Crippen LogP contribution in [-0.2, 0) is 16.4 Å². The average Bonchev–Trinajstić information content (AvgIpc) is 2.85. The van der Waals surface area contributed by atoms with Crippen molar-refractivity contribution in [2.24, 2.45) is 0 Å². The molecule has 0 atom stereocenters. The van der Waals surface area contributed by atoms with Crippen LogP contribution < -0.4 is 10.0 Å². The van der Waals surface area contributed by atoms with E-state index in [2.05, 4.69) is 10.0 Å². The highest BCUT2D eigenvalue weighted by Gasteiger charge is 2.32. The fourth-order valence-corrected chi connectivity index (χ4v) is 4.78. The van der Waals surface area contributed by atoms with Crippen LogP contribution in [0, 0.1) is 0 Å². The van der Waals surface area contributed by atoms with E-state index in [-0.39, 0.29) is 5.54 Å². The highest BCUT2D eigenvalue weighted by Crippen LogP contribution is 2.30. The summed E-state index contributed by atoms with van der Waals surface area (Å²) in [4.78, 5) is 0.395. The number of anilines is 1. The van der Waals surface area contributed by atoms with Crippen LogP contribution in [0.3, 0.4) is 0 Å². The van der Waals surface area contributed by atoms with Gasteiger partial charge in [0, 0.05) is 17.8 Å². The molecule has 3 rings (SSSR count). The van der Waals surface area contributed by atoms with Gasteiger partial charge in [-0.05, 0) is 49.9 Å². The minimum Gasteiger partial charge on any atom is -0.384 e. The van der Waals surface area contributed by atoms with Gasteiger partial charge in [-0.1, -0.05) is 19.3 Å². The molecule has 2 aliphatic rings. The fourth-order valence-electron chi connectivity index (χ4n) is 3.27. The summed E-state index contributed by atoms with van der Waals surface area (Å²) in [5.41, 5.74) is 1.88. The Balaban J connectivity index is 1.84. The van der Waals surface area contributed by atoms with Crippen molar-refractivity contribution in [3.63, 3.8) is 0 Å². The van der Waals surface area contributed by atoms with Crippen molar-refractivity contribution < 1.29 is 8.42 Å². The standard InChI is InChI=1S/C15H22N2O2S/c1-15(8-3-2-4-9-15)17-20(18,19)13-5-6-14-12(11-13)7-10-16-14/h5-6,11,16-17H,2-4,7-10H2,1H3. The van der Waals surface area contributed by atoms with Crippen LogP contribution in [0.1, 0.15) is 44.6 Å². The first-order chi connectivity index (χ1) is 9.49. The number of hydrogen-bond acceptors (Lipinski definition) is 3. The second-order valence-electron chi connectivity index (χ2n) is 6.22. The minimum atomic E-state index is -3.42. The molecular formula is C15H22N2O2S. The summed E-state index contributed by atoms with van der Waals surface area (Å²) in [5.74, 6) is 0. The Bertz CT molecular complexity index is 604. The summed E-state index contributed by atoms with van der Waals surface area (Å²) >= 11 is 0. The Morgan fingerprint density at radius 1 is 1.20 bits per heavy atom. The van der Waals surface area contributed by atoms with Crippen LogP contribution in [0.2, 0.25) is 0 Å². The van der Waals surface area contributed by atoms with Crippen molar-refractivity contribution in [3.8, 4) is 0 Å². The van der Waals surface area contributed by atoms with E-state index in [0.29, 0.717) is 4.90 Å². The molecule has 110 valence electrons. The molecule has 20 heavy (non-hydrogen) atoms. The normalized spacial score (nSPS) is 21.2. The third-order valence-corrected chi connectivity index (χ3v) is 6.07. The predicted octanol–water partition coefficient (Wildman–Crippen LogP) is 2.66. The first-order valence-corrected chi connectivity index (χ1v) is 8.88. The summed E-state index contributed by atoms with van der Waals surface area (Å²) in [6.07, 6.45) is 6.18. The van der Waals surface area contributed by atoms with Crippen molar-refractivity contribution in [1.29, 1.82) is 0 Å². The van der Waals surface area contributed by atoms with Gasteiger partial charge >= 0.3 is 0 Å². The molecule has 0 unspecified atom stereocenters. The zero-order valence-electron chi connectivity index (χ0n) is 11.9. The zero-order chi connectivity index (χ0) is 14.2. The number of hydrogen-bond donors (Lipinski definition) is 2. The molecule has 1 fully saturated rings. The molecule has 1 aliphatic carbocycles. The maximum Gasteiger partial charge on any atom is 0.241 e. The molecule has 0 aromatic heterocycles. The van der Waals surface area contributed by atoms with E-state index in [0.717, 1.165) is 49.9 Å². The largest absolute Gasteiger partial charge is 0.384 e. The number of benzene rings is 1. The fraction of sp³-hybridized carbons (Fsp3) is 0.600. The van der Waals surface area contributed by atoms with Gasteiger partial charge in [0.25, 0.3) is 0 Å². The van der Waals surface area contributed by atoms with E-state index < -0.39 is 10.0 Å². The number of nitrogens with one attached hydrogen (secondary N) is 2. The molecule has 1 aromatic carbocycles. The van der Waals surface area contributed by atoms with Crippen LogP contribution in [0.15, 0.2) is 23.1 Å². The molecule has 0 saturated heterocycles. The van der Waals surface area contributed by atoms with Gasteiger partial charge in [0.1, 0.15) is 0 Å². The maximum atomic E-state index is 12.6. The lowest BCUT2D eigenvalue weighted by Gasteiger charge is -2.34. The summed E-state index contributed by atoms with van der Waals surface area (Å²) in [7, 11) is -3.42. The SMILES string of the molecule is CC1(NS(=O)(=O)c2ccc3c(c2)CCN3)CCCCC1. The molecule has 0 bridgehead atoms. The zero-order valence-corrected chi connectivity index (χ0v) is 12.7. The Labute approximate surface area is 121 Å². The lowest BCUT2D eigenvalue weighted by Crippen LogP contribution is -2.47. The highest BCUT2D eigenvalue weighted by molar-refractivity contribution is 7.89. The Morgan fingerprint density at radius 3 is 2.70 bits per heavy atom. The first-order valence-electron chi connectivity index (χ1n) is 7.39. The van der Waals surface area contributed by atoms with Gasteiger partial charge in [-0.15, -0.1) is 0 Å². The van der Waals surface area contributed by atoms with Crippen molar-refractivity contribution >= 4 is 15.7 Å². The number of sulfonamides is 1. The minimum absolute atomic E-state index is 0.283. The smallest absolute Gasteiger partial charge is 0.241 e. The molecule has 0 radical (unpaired) electrons. The Hall–Kier alpha value is -1.07. The Kier molecular flexibility index (Phi) is 3.50. The summed E-state index contributed by atoms with van der Waals surface area (Å²) in [6, 6.07) is 5.38. The van der Waals surface area contributed by atoms with Gasteiger partial charge in [-0.25, -0.2) is 13.1 Å². The van der Waals surface area contributed by atoms with Gasteiger partial charge in [-0.3, -0.25) is 0 Å². The lowest BCUT2D eigenvalue weighted by atomic mass is 9.84. The van der Waals surface area contributed by atoms with E-state index in [1.54, 1.807) is 6.07 Å². The molecule has 1 saturated carbocycles. The average molecular weight is 294 g/mol. The molecule has 2 N–H and O–H groups in total. The van der Waals surface area contributed by atoms with Gasteiger partial charge in [0.05, 0.1) is 4.90 Å². The van der Waals surface area contributed by atoms with Gasteiger partial charge in [0.2, 0.25) is 10.0 Å². The second-order valence-corrected chi connectivity index (χ2v) is 7.90. The van der Waals surface area contributed by atoms with Crippen molar-refractivity contribution in [3.05, 3.63) is 23.8 Å². The van der Waals surface area contributed by atoms with Crippen molar-refractivity contribution in [2.75, 3.05) is 11.9 Å². The predicted molar refractivity (Wildman–Crippen MR) is 80.4 cm³/mol. The summed E-state index contributed by atoms with van der Waals surface area (Å²) < 4.78 is 28.1. The summed E-state index contributed by atoms with van der Waals surface area (Å²) in [5, 5.41) is 3.25. The van der Waals surface area contributed by atoms with E-state index in [9.17, 15) is 8.42 Å². The molecule has 1 heterocycles. The quantitative estimate of drug-likeness (QED) is 0.901. The molecular weight excluding hydrogens is 272 g/mol. The van der Waals surface area contributed by atoms with Crippen LogP contribution >= 0.6 is 0 Å². The van der Waals surface area contributed by atoms with Crippen LogP contribution in [0.25, 0.3) is 0 Å².